The van der Waals surface area contributed by atoms with E-state index in [1.165, 1.54) is 7.11 Å². The Morgan fingerprint density at radius 2 is 2.19 bits per heavy atom. The van der Waals surface area contributed by atoms with Gasteiger partial charge in [0, 0.05) is 17.5 Å². The molecule has 1 saturated carbocycles. The molecule has 1 aromatic heterocycles. The lowest BCUT2D eigenvalue weighted by atomic mass is 9.94. The summed E-state index contributed by atoms with van der Waals surface area (Å²) in [5.41, 5.74) is 5.66. The van der Waals surface area contributed by atoms with Gasteiger partial charge in [-0.25, -0.2) is 9.37 Å². The van der Waals surface area contributed by atoms with Gasteiger partial charge in [-0.3, -0.25) is 9.59 Å². The van der Waals surface area contributed by atoms with Crippen LogP contribution < -0.4 is 20.5 Å². The number of benzene rings is 1. The molecule has 2 aromatic rings. The standard InChI is InChI=1S/C19H20FN3O4/c1-26-14-7-11-10(6-12(14)17(21)24)4-5-22-19(11)27-8-13-15(9-2-3-9)16(20)18(25)23-13/h4-7,9,13,15-16H,2-3,8H2,1H3,(H2,21,24)(H,23,25)/t13-,15?,16+/m1/s1. The molecule has 2 amide bonds. The van der Waals surface area contributed by atoms with Crippen LogP contribution in [0.2, 0.25) is 0 Å². The molecule has 2 heterocycles. The molecule has 0 radical (unpaired) electrons. The molecule has 1 aliphatic heterocycles. The average Bonchev–Trinajstić information content (AvgIpc) is 3.45. The van der Waals surface area contributed by atoms with E-state index in [0.717, 1.165) is 12.8 Å². The Balaban J connectivity index is 1.60. The summed E-state index contributed by atoms with van der Waals surface area (Å²) in [5.74, 6) is -0.647. The van der Waals surface area contributed by atoms with E-state index < -0.39 is 18.0 Å². The fourth-order valence-electron chi connectivity index (χ4n) is 3.76. The number of carbonyl (C=O) groups excluding carboxylic acids is 2. The van der Waals surface area contributed by atoms with E-state index in [-0.39, 0.29) is 30.0 Å². The lowest BCUT2D eigenvalue weighted by Crippen LogP contribution is -2.35. The highest BCUT2D eigenvalue weighted by atomic mass is 19.1. The Hall–Kier alpha value is -2.90. The minimum Gasteiger partial charge on any atom is -0.496 e. The summed E-state index contributed by atoms with van der Waals surface area (Å²) in [6.07, 6.45) is 1.95. The van der Waals surface area contributed by atoms with Crippen LogP contribution in [-0.2, 0) is 4.79 Å². The minimum absolute atomic E-state index is 0.124. The third kappa shape index (κ3) is 3.15. The molecule has 0 bridgehead atoms. The van der Waals surface area contributed by atoms with Crippen LogP contribution in [0, 0.1) is 11.8 Å². The van der Waals surface area contributed by atoms with Gasteiger partial charge in [-0.1, -0.05) is 0 Å². The second-order valence-corrected chi connectivity index (χ2v) is 7.00. The SMILES string of the molecule is COc1cc2c(OC[C@H]3NC(=O)[C@@H](F)C3C3CC3)nccc2cc1C(N)=O. The smallest absolute Gasteiger partial charge is 0.255 e. The molecule has 2 fully saturated rings. The number of pyridine rings is 1. The highest BCUT2D eigenvalue weighted by Gasteiger charge is 2.50. The molecular weight excluding hydrogens is 353 g/mol. The second-order valence-electron chi connectivity index (χ2n) is 7.00. The van der Waals surface area contributed by atoms with Gasteiger partial charge in [0.1, 0.15) is 12.4 Å². The van der Waals surface area contributed by atoms with Crippen LogP contribution in [-0.4, -0.2) is 42.7 Å². The molecule has 7 nitrogen and oxygen atoms in total. The Kier molecular flexibility index (Phi) is 4.33. The number of nitrogens with zero attached hydrogens (tertiary/aromatic N) is 1. The zero-order valence-electron chi connectivity index (χ0n) is 14.8. The van der Waals surface area contributed by atoms with Crippen molar-refractivity contribution < 1.29 is 23.5 Å². The maximum absolute atomic E-state index is 14.2. The van der Waals surface area contributed by atoms with Crippen molar-refractivity contribution in [3.05, 3.63) is 30.0 Å². The van der Waals surface area contributed by atoms with Crippen LogP contribution in [0.3, 0.4) is 0 Å². The summed E-state index contributed by atoms with van der Waals surface area (Å²) in [6.45, 7) is 0.124. The van der Waals surface area contributed by atoms with Crippen molar-refractivity contribution in [1.29, 1.82) is 0 Å². The van der Waals surface area contributed by atoms with E-state index in [0.29, 0.717) is 22.4 Å². The third-order valence-corrected chi connectivity index (χ3v) is 5.26. The molecule has 1 aromatic carbocycles. The van der Waals surface area contributed by atoms with Gasteiger partial charge in [0.05, 0.1) is 18.7 Å². The fourth-order valence-corrected chi connectivity index (χ4v) is 3.76. The predicted molar refractivity (Wildman–Crippen MR) is 95.3 cm³/mol. The van der Waals surface area contributed by atoms with Crippen molar-refractivity contribution in [2.75, 3.05) is 13.7 Å². The number of hydrogen-bond donors (Lipinski definition) is 2. The molecule has 4 rings (SSSR count). The number of nitrogens with one attached hydrogen (secondary N) is 1. The van der Waals surface area contributed by atoms with Gasteiger partial charge in [0.2, 0.25) is 5.88 Å². The van der Waals surface area contributed by atoms with Crippen molar-refractivity contribution in [2.45, 2.75) is 25.1 Å². The molecule has 1 unspecified atom stereocenters. The number of halogens is 1. The van der Waals surface area contributed by atoms with Gasteiger partial charge in [0.15, 0.2) is 6.17 Å². The molecule has 2 aliphatic rings. The van der Waals surface area contributed by atoms with E-state index in [4.69, 9.17) is 15.2 Å². The van der Waals surface area contributed by atoms with Crippen molar-refractivity contribution in [1.82, 2.24) is 10.3 Å². The monoisotopic (exact) mass is 373 g/mol. The van der Waals surface area contributed by atoms with Crippen LogP contribution in [0.15, 0.2) is 24.4 Å². The molecule has 1 saturated heterocycles. The number of alkyl halides is 1. The summed E-state index contributed by atoms with van der Waals surface area (Å²) < 4.78 is 25.3. The Labute approximate surface area is 155 Å². The number of amides is 2. The minimum atomic E-state index is -1.48. The Morgan fingerprint density at radius 3 is 2.85 bits per heavy atom. The average molecular weight is 373 g/mol. The number of rotatable bonds is 6. The first-order chi connectivity index (χ1) is 13.0. The number of fused-ring (bicyclic) bond motifs is 1. The maximum atomic E-state index is 14.2. The van der Waals surface area contributed by atoms with Crippen molar-refractivity contribution in [3.8, 4) is 11.6 Å². The molecule has 0 spiro atoms. The summed E-state index contributed by atoms with van der Waals surface area (Å²) in [6, 6.07) is 4.61. The van der Waals surface area contributed by atoms with E-state index in [1.54, 1.807) is 24.4 Å². The summed E-state index contributed by atoms with van der Waals surface area (Å²) >= 11 is 0. The van der Waals surface area contributed by atoms with Crippen LogP contribution >= 0.6 is 0 Å². The van der Waals surface area contributed by atoms with Gasteiger partial charge in [-0.15, -0.1) is 0 Å². The molecule has 8 heteroatoms. The molecule has 1 aliphatic carbocycles. The highest BCUT2D eigenvalue weighted by molar-refractivity contribution is 6.01. The first kappa shape index (κ1) is 17.5. The number of methoxy groups -OCH3 is 1. The topological polar surface area (TPSA) is 104 Å². The van der Waals surface area contributed by atoms with E-state index >= 15 is 0 Å². The zero-order valence-corrected chi connectivity index (χ0v) is 14.8. The fraction of sp³-hybridized carbons (Fsp3) is 0.421. The van der Waals surface area contributed by atoms with Crippen molar-refractivity contribution >= 4 is 22.6 Å². The number of hydrogen-bond acceptors (Lipinski definition) is 5. The number of aromatic nitrogens is 1. The van der Waals surface area contributed by atoms with E-state index in [1.807, 2.05) is 0 Å². The van der Waals surface area contributed by atoms with Crippen LogP contribution in [0.4, 0.5) is 4.39 Å². The molecular formula is C19H20FN3O4. The van der Waals surface area contributed by atoms with Gasteiger partial charge in [0.25, 0.3) is 11.8 Å². The largest absolute Gasteiger partial charge is 0.496 e. The quantitative estimate of drug-likeness (QED) is 0.800. The summed E-state index contributed by atoms with van der Waals surface area (Å²) in [5, 5.41) is 4.04. The van der Waals surface area contributed by atoms with E-state index in [2.05, 4.69) is 10.3 Å². The van der Waals surface area contributed by atoms with Gasteiger partial charge in [-0.2, -0.15) is 0 Å². The normalized spacial score (nSPS) is 24.7. The van der Waals surface area contributed by atoms with Crippen LogP contribution in [0.25, 0.3) is 10.8 Å². The van der Waals surface area contributed by atoms with E-state index in [9.17, 15) is 14.0 Å². The number of ether oxygens (including phenoxy) is 2. The molecule has 3 N–H and O–H groups in total. The highest BCUT2D eigenvalue weighted by Crippen LogP contribution is 2.43. The Morgan fingerprint density at radius 1 is 1.41 bits per heavy atom. The predicted octanol–water partition coefficient (Wildman–Crippen LogP) is 1.58. The Bertz CT molecular complexity index is 915. The lowest BCUT2D eigenvalue weighted by Gasteiger charge is -2.20. The number of nitrogens with two attached hydrogens (primary N) is 1. The molecule has 142 valence electrons. The van der Waals surface area contributed by atoms with Gasteiger partial charge < -0.3 is 20.5 Å². The first-order valence-electron chi connectivity index (χ1n) is 8.83. The molecule has 27 heavy (non-hydrogen) atoms. The summed E-state index contributed by atoms with van der Waals surface area (Å²) in [4.78, 5) is 27.6. The van der Waals surface area contributed by atoms with Gasteiger partial charge in [-0.05, 0) is 42.3 Å². The third-order valence-electron chi connectivity index (χ3n) is 5.26. The number of carbonyl (C=O) groups is 2. The second kappa shape index (κ2) is 6.68. The zero-order chi connectivity index (χ0) is 19.1. The van der Waals surface area contributed by atoms with Crippen molar-refractivity contribution in [3.63, 3.8) is 0 Å². The lowest BCUT2D eigenvalue weighted by molar-refractivity contribution is -0.124. The van der Waals surface area contributed by atoms with Crippen LogP contribution in [0.5, 0.6) is 11.6 Å². The first-order valence-corrected chi connectivity index (χ1v) is 8.83. The van der Waals surface area contributed by atoms with Crippen molar-refractivity contribution in [2.24, 2.45) is 17.6 Å². The van der Waals surface area contributed by atoms with Crippen LogP contribution in [0.1, 0.15) is 23.2 Å². The maximum Gasteiger partial charge on any atom is 0.255 e. The number of primary amides is 1. The van der Waals surface area contributed by atoms with Gasteiger partial charge >= 0.3 is 0 Å². The summed E-state index contributed by atoms with van der Waals surface area (Å²) in [7, 11) is 1.44. The molecule has 3 atom stereocenters.